The summed E-state index contributed by atoms with van der Waals surface area (Å²) < 4.78 is 7.02. The van der Waals surface area contributed by atoms with Gasteiger partial charge in [0, 0.05) is 32.1 Å². The summed E-state index contributed by atoms with van der Waals surface area (Å²) in [6.07, 6.45) is 1.93. The molecule has 0 N–H and O–H groups in total. The van der Waals surface area contributed by atoms with Gasteiger partial charge in [-0.15, -0.1) is 5.10 Å². The van der Waals surface area contributed by atoms with Crippen molar-refractivity contribution in [1.29, 1.82) is 0 Å². The molecule has 0 bridgehead atoms. The molecule has 1 saturated heterocycles. The molecule has 1 amide bonds. The highest BCUT2D eigenvalue weighted by molar-refractivity contribution is 5.77. The van der Waals surface area contributed by atoms with Crippen molar-refractivity contribution in [2.75, 3.05) is 31.6 Å². The summed E-state index contributed by atoms with van der Waals surface area (Å²) in [4.78, 5) is 16.7. The highest BCUT2D eigenvalue weighted by Crippen LogP contribution is 2.29. The fourth-order valence-corrected chi connectivity index (χ4v) is 3.07. The first-order valence-corrected chi connectivity index (χ1v) is 8.07. The van der Waals surface area contributed by atoms with Crippen LogP contribution < -0.4 is 9.64 Å². The topological polar surface area (TPSA) is 76.4 Å². The quantitative estimate of drug-likeness (QED) is 0.807. The van der Waals surface area contributed by atoms with E-state index in [-0.39, 0.29) is 11.9 Å². The molecule has 1 aromatic heterocycles. The molecule has 8 heteroatoms. The molecule has 1 aromatic carbocycles. The van der Waals surface area contributed by atoms with Gasteiger partial charge in [-0.25, -0.2) is 4.68 Å². The molecule has 0 saturated carbocycles. The number of piperazine rings is 1. The summed E-state index contributed by atoms with van der Waals surface area (Å²) in [5.41, 5.74) is 1.08. The smallest absolute Gasteiger partial charge is 0.224 e. The summed E-state index contributed by atoms with van der Waals surface area (Å²) in [6, 6.07) is 8.13. The number of benzene rings is 1. The maximum absolute atomic E-state index is 12.5. The van der Waals surface area contributed by atoms with Crippen LogP contribution in [0.15, 0.2) is 30.6 Å². The lowest BCUT2D eigenvalue weighted by Crippen LogP contribution is -2.54. The van der Waals surface area contributed by atoms with Crippen molar-refractivity contribution in [1.82, 2.24) is 25.1 Å². The minimum Gasteiger partial charge on any atom is -0.495 e. The Morgan fingerprint density at radius 1 is 1.33 bits per heavy atom. The minimum absolute atomic E-state index is 0.137. The first-order chi connectivity index (χ1) is 11.7. The number of hydrogen-bond acceptors (Lipinski definition) is 6. The van der Waals surface area contributed by atoms with Gasteiger partial charge >= 0.3 is 0 Å². The molecule has 2 heterocycles. The van der Waals surface area contributed by atoms with Gasteiger partial charge in [0.25, 0.3) is 0 Å². The summed E-state index contributed by atoms with van der Waals surface area (Å²) in [7, 11) is 1.68. The lowest BCUT2D eigenvalue weighted by Gasteiger charge is -2.41. The number of hydrogen-bond donors (Lipinski definition) is 0. The number of nitrogens with zero attached hydrogens (tertiary/aromatic N) is 6. The number of carbonyl (C=O) groups excluding carboxylic acids is 1. The Balaban J connectivity index is 1.59. The van der Waals surface area contributed by atoms with Gasteiger partial charge < -0.3 is 14.5 Å². The number of rotatable bonds is 5. The molecule has 1 unspecified atom stereocenters. The van der Waals surface area contributed by atoms with Crippen molar-refractivity contribution in [2.24, 2.45) is 0 Å². The zero-order valence-electron chi connectivity index (χ0n) is 14.0. The fraction of sp³-hybridized carbons (Fsp3) is 0.500. The average molecular weight is 330 g/mol. The van der Waals surface area contributed by atoms with Crippen molar-refractivity contribution < 1.29 is 9.53 Å². The van der Waals surface area contributed by atoms with Gasteiger partial charge in [0.15, 0.2) is 0 Å². The van der Waals surface area contributed by atoms with Crippen LogP contribution in [0.5, 0.6) is 5.75 Å². The monoisotopic (exact) mass is 330 g/mol. The first kappa shape index (κ1) is 16.2. The second kappa shape index (κ2) is 7.29. The molecule has 1 atom stereocenters. The number of carbonyl (C=O) groups is 1. The van der Waals surface area contributed by atoms with Gasteiger partial charge in [-0.1, -0.05) is 12.1 Å². The summed E-state index contributed by atoms with van der Waals surface area (Å²) in [5.74, 6) is 1.00. The van der Waals surface area contributed by atoms with E-state index in [4.69, 9.17) is 4.74 Å². The van der Waals surface area contributed by atoms with E-state index in [0.29, 0.717) is 19.5 Å². The van der Waals surface area contributed by atoms with Crippen molar-refractivity contribution >= 4 is 11.6 Å². The number of tetrazole rings is 1. The third-order valence-electron chi connectivity index (χ3n) is 4.32. The van der Waals surface area contributed by atoms with E-state index in [1.807, 2.05) is 23.1 Å². The van der Waals surface area contributed by atoms with Crippen molar-refractivity contribution in [3.63, 3.8) is 0 Å². The van der Waals surface area contributed by atoms with Gasteiger partial charge in [0.1, 0.15) is 12.1 Å². The number of anilines is 1. The molecule has 24 heavy (non-hydrogen) atoms. The summed E-state index contributed by atoms with van der Waals surface area (Å²) in [5, 5.41) is 10.9. The Kier molecular flexibility index (Phi) is 4.93. The van der Waals surface area contributed by atoms with Crippen molar-refractivity contribution in [3.8, 4) is 5.75 Å². The third-order valence-corrected chi connectivity index (χ3v) is 4.32. The Morgan fingerprint density at radius 3 is 2.88 bits per heavy atom. The molecule has 3 rings (SSSR count). The Hall–Kier alpha value is -2.64. The van der Waals surface area contributed by atoms with E-state index in [1.54, 1.807) is 11.8 Å². The van der Waals surface area contributed by atoms with Gasteiger partial charge in [0.2, 0.25) is 5.91 Å². The van der Waals surface area contributed by atoms with Crippen LogP contribution in [-0.2, 0) is 11.3 Å². The van der Waals surface area contributed by atoms with E-state index >= 15 is 0 Å². The van der Waals surface area contributed by atoms with Gasteiger partial charge in [-0.2, -0.15) is 0 Å². The van der Waals surface area contributed by atoms with Crippen LogP contribution in [0.25, 0.3) is 0 Å². The van der Waals surface area contributed by atoms with Gasteiger partial charge in [-0.3, -0.25) is 4.79 Å². The Morgan fingerprint density at radius 2 is 2.17 bits per heavy atom. The van der Waals surface area contributed by atoms with Crippen molar-refractivity contribution in [3.05, 3.63) is 30.6 Å². The predicted octanol–water partition coefficient (Wildman–Crippen LogP) is 0.809. The molecule has 2 aromatic rings. The lowest BCUT2D eigenvalue weighted by atomic mass is 10.1. The predicted molar refractivity (Wildman–Crippen MR) is 88.8 cm³/mol. The maximum atomic E-state index is 12.5. The van der Waals surface area contributed by atoms with E-state index in [0.717, 1.165) is 24.5 Å². The minimum atomic E-state index is 0.137. The average Bonchev–Trinajstić information content (AvgIpc) is 3.13. The van der Waals surface area contributed by atoms with Crippen LogP contribution in [0, 0.1) is 0 Å². The van der Waals surface area contributed by atoms with Crippen LogP contribution in [0.4, 0.5) is 5.69 Å². The molecule has 1 fully saturated rings. The maximum Gasteiger partial charge on any atom is 0.224 e. The number of amides is 1. The number of methoxy groups -OCH3 is 1. The Labute approximate surface area is 141 Å². The van der Waals surface area contributed by atoms with Gasteiger partial charge in [-0.05, 0) is 29.5 Å². The molecule has 128 valence electrons. The largest absolute Gasteiger partial charge is 0.495 e. The van der Waals surface area contributed by atoms with Crippen molar-refractivity contribution in [2.45, 2.75) is 25.9 Å². The molecular weight excluding hydrogens is 308 g/mol. The molecule has 1 aliphatic rings. The van der Waals surface area contributed by atoms with E-state index in [1.165, 1.54) is 6.33 Å². The SMILES string of the molecule is COc1ccccc1N1CCN(C(=O)CCn2cnnn2)C(C)C1. The summed E-state index contributed by atoms with van der Waals surface area (Å²) in [6.45, 7) is 4.87. The number of ether oxygens (including phenoxy) is 1. The molecule has 8 nitrogen and oxygen atoms in total. The lowest BCUT2D eigenvalue weighted by molar-refractivity contribution is -0.133. The zero-order valence-corrected chi connectivity index (χ0v) is 14.0. The van der Waals surface area contributed by atoms with E-state index < -0.39 is 0 Å². The highest BCUT2D eigenvalue weighted by Gasteiger charge is 2.28. The molecule has 0 aliphatic carbocycles. The highest BCUT2D eigenvalue weighted by atomic mass is 16.5. The van der Waals surface area contributed by atoms with Gasteiger partial charge in [0.05, 0.1) is 19.3 Å². The molecule has 0 spiro atoms. The normalized spacial score (nSPS) is 17.8. The fourth-order valence-electron chi connectivity index (χ4n) is 3.07. The standard InChI is InChI=1S/C16H22N6O2/c1-13-11-20(14-5-3-4-6-15(14)24-2)9-10-22(13)16(23)7-8-21-12-17-18-19-21/h3-6,12-13H,7-11H2,1-2H3. The Bertz CT molecular complexity index is 675. The first-order valence-electron chi connectivity index (χ1n) is 8.07. The van der Waals surface area contributed by atoms with E-state index in [9.17, 15) is 4.79 Å². The van der Waals surface area contributed by atoms with Crippen LogP contribution in [0.1, 0.15) is 13.3 Å². The van der Waals surface area contributed by atoms with Crippen LogP contribution in [0.2, 0.25) is 0 Å². The second-order valence-electron chi connectivity index (χ2n) is 5.88. The summed E-state index contributed by atoms with van der Waals surface area (Å²) >= 11 is 0. The number of aryl methyl sites for hydroxylation is 1. The second-order valence-corrected chi connectivity index (χ2v) is 5.88. The molecular formula is C16H22N6O2. The number of aromatic nitrogens is 4. The molecule has 1 aliphatic heterocycles. The molecule has 0 radical (unpaired) electrons. The third kappa shape index (κ3) is 3.47. The number of para-hydroxylation sites is 2. The van der Waals surface area contributed by atoms with Crippen LogP contribution in [-0.4, -0.2) is 63.8 Å². The van der Waals surface area contributed by atoms with E-state index in [2.05, 4.69) is 33.4 Å². The van der Waals surface area contributed by atoms with Crippen LogP contribution in [0.3, 0.4) is 0 Å². The zero-order chi connectivity index (χ0) is 16.9. The van der Waals surface area contributed by atoms with Crippen LogP contribution >= 0.6 is 0 Å².